The molecule has 5 heteroatoms. The van der Waals surface area contributed by atoms with E-state index in [1.807, 2.05) is 0 Å². The molecule has 0 fully saturated rings. The average Bonchev–Trinajstić information content (AvgIpc) is 2.22. The summed E-state index contributed by atoms with van der Waals surface area (Å²) in [6.07, 6.45) is 0. The van der Waals surface area contributed by atoms with Crippen LogP contribution in [0.25, 0.3) is 0 Å². The lowest BCUT2D eigenvalue weighted by Gasteiger charge is -2.20. The van der Waals surface area contributed by atoms with Crippen molar-refractivity contribution in [3.63, 3.8) is 0 Å². The molecule has 1 N–H and O–H groups in total. The van der Waals surface area contributed by atoms with Gasteiger partial charge in [-0.25, -0.2) is 0 Å². The van der Waals surface area contributed by atoms with Crippen molar-refractivity contribution in [2.24, 2.45) is 0 Å². The lowest BCUT2D eigenvalue weighted by atomic mass is 10.2. The van der Waals surface area contributed by atoms with Gasteiger partial charge >= 0.3 is 0 Å². The Bertz CT molecular complexity index is 304. The fourth-order valence-corrected chi connectivity index (χ4v) is 1.34. The van der Waals surface area contributed by atoms with Gasteiger partial charge in [0.2, 0.25) is 0 Å². The summed E-state index contributed by atoms with van der Waals surface area (Å²) in [7, 11) is 0. The molecule has 0 radical (unpaired) electrons. The summed E-state index contributed by atoms with van der Waals surface area (Å²) < 4.78 is 0. The Morgan fingerprint density at radius 3 is 1.94 bits per heavy atom. The number of aryl methyl sites for hydroxylation is 1. The molecule has 0 aromatic heterocycles. The minimum Gasteiger partial charge on any atom is -0.372 e. The highest BCUT2D eigenvalue weighted by Crippen LogP contribution is 2.13. The zero-order valence-electron chi connectivity index (χ0n) is 9.88. The van der Waals surface area contributed by atoms with Crippen LogP contribution >= 0.6 is 0 Å². The first-order chi connectivity index (χ1) is 7.51. The second kappa shape index (κ2) is 7.50. The minimum atomic E-state index is -1.50. The summed E-state index contributed by atoms with van der Waals surface area (Å²) in [5.74, 6) is 0. The third kappa shape index (κ3) is 5.85. The Morgan fingerprint density at radius 2 is 1.62 bits per heavy atom. The molecule has 0 saturated carbocycles. The van der Waals surface area contributed by atoms with Crippen LogP contribution in [0.4, 0.5) is 5.69 Å². The van der Waals surface area contributed by atoms with Crippen LogP contribution in [0.15, 0.2) is 24.3 Å². The molecule has 0 saturated heterocycles. The van der Waals surface area contributed by atoms with Crippen molar-refractivity contribution in [1.29, 1.82) is 0 Å². The quantitative estimate of drug-likeness (QED) is 0.635. The summed E-state index contributed by atoms with van der Waals surface area (Å²) in [6.45, 7) is 8.65. The highest BCUT2D eigenvalue weighted by Gasteiger charge is 1.98. The molecule has 0 heterocycles. The van der Waals surface area contributed by atoms with E-state index < -0.39 is 5.09 Å². The zero-order valence-corrected chi connectivity index (χ0v) is 9.88. The van der Waals surface area contributed by atoms with Gasteiger partial charge < -0.3 is 10.1 Å². The highest BCUT2D eigenvalue weighted by atomic mass is 16.9. The molecule has 90 valence electrons. The molecule has 16 heavy (non-hydrogen) atoms. The molecule has 1 aromatic rings. The number of hydrogen-bond acceptors (Lipinski definition) is 3. The van der Waals surface area contributed by atoms with Crippen LogP contribution in [0.1, 0.15) is 19.4 Å². The monoisotopic (exact) mass is 226 g/mol. The molecule has 0 bridgehead atoms. The molecular weight excluding hydrogens is 208 g/mol. The van der Waals surface area contributed by atoms with E-state index in [4.69, 9.17) is 15.3 Å². The smallest absolute Gasteiger partial charge is 0.291 e. The first-order valence-electron chi connectivity index (χ1n) is 5.16. The molecule has 0 aliphatic rings. The third-order valence-corrected chi connectivity index (χ3v) is 2.16. The van der Waals surface area contributed by atoms with E-state index in [1.54, 1.807) is 0 Å². The molecule has 0 amide bonds. The number of nitrogens with zero attached hydrogens (tertiary/aromatic N) is 2. The van der Waals surface area contributed by atoms with Crippen molar-refractivity contribution in [2.45, 2.75) is 20.8 Å². The topological polar surface area (TPSA) is 66.6 Å². The molecule has 0 spiro atoms. The first kappa shape index (κ1) is 14.2. The van der Waals surface area contributed by atoms with Crippen molar-refractivity contribution in [3.05, 3.63) is 39.9 Å². The van der Waals surface area contributed by atoms with Crippen LogP contribution in [0.5, 0.6) is 0 Å². The minimum absolute atomic E-state index is 1.08. The van der Waals surface area contributed by atoms with E-state index in [9.17, 15) is 0 Å². The zero-order chi connectivity index (χ0) is 12.6. The predicted molar refractivity (Wildman–Crippen MR) is 63.5 cm³/mol. The lowest BCUT2D eigenvalue weighted by Crippen LogP contribution is -2.21. The fourth-order valence-electron chi connectivity index (χ4n) is 1.34. The summed E-state index contributed by atoms with van der Waals surface area (Å²) in [4.78, 5) is 10.7. The van der Waals surface area contributed by atoms with Crippen molar-refractivity contribution < 1.29 is 10.3 Å². The molecule has 5 nitrogen and oxygen atoms in total. The van der Waals surface area contributed by atoms with Crippen molar-refractivity contribution in [2.75, 3.05) is 18.0 Å². The van der Waals surface area contributed by atoms with Gasteiger partial charge in [0.1, 0.15) is 0 Å². The van der Waals surface area contributed by atoms with Crippen molar-refractivity contribution in [1.82, 2.24) is 0 Å². The van der Waals surface area contributed by atoms with Gasteiger partial charge in [0.25, 0.3) is 5.09 Å². The van der Waals surface area contributed by atoms with Gasteiger partial charge in [-0.3, -0.25) is 0 Å². The average molecular weight is 226 g/mol. The Hall–Kier alpha value is -1.78. The van der Waals surface area contributed by atoms with Crippen LogP contribution in [-0.2, 0) is 0 Å². The molecule has 0 unspecified atom stereocenters. The normalized spacial score (nSPS) is 8.94. The number of anilines is 1. The first-order valence-corrected chi connectivity index (χ1v) is 5.16. The van der Waals surface area contributed by atoms with E-state index in [0.29, 0.717) is 0 Å². The van der Waals surface area contributed by atoms with Gasteiger partial charge in [-0.15, -0.1) is 10.1 Å². The van der Waals surface area contributed by atoms with E-state index in [0.717, 1.165) is 13.1 Å². The van der Waals surface area contributed by atoms with Crippen LogP contribution < -0.4 is 4.90 Å². The summed E-state index contributed by atoms with van der Waals surface area (Å²) in [5.41, 5.74) is 2.65. The van der Waals surface area contributed by atoms with Crippen LogP contribution in [0.3, 0.4) is 0 Å². The van der Waals surface area contributed by atoms with Crippen molar-refractivity contribution >= 4 is 5.69 Å². The van der Waals surface area contributed by atoms with E-state index >= 15 is 0 Å². The van der Waals surface area contributed by atoms with Gasteiger partial charge in [0.05, 0.1) is 0 Å². The number of benzene rings is 1. The molecule has 0 aliphatic carbocycles. The van der Waals surface area contributed by atoms with E-state index in [2.05, 4.69) is 49.9 Å². The molecule has 1 aromatic carbocycles. The van der Waals surface area contributed by atoms with Crippen LogP contribution in [0, 0.1) is 17.0 Å². The Kier molecular flexibility index (Phi) is 6.67. The number of hydrogen-bond donors (Lipinski definition) is 1. The van der Waals surface area contributed by atoms with Gasteiger partial charge in [0, 0.05) is 18.8 Å². The molecule has 0 aliphatic heterocycles. The number of rotatable bonds is 3. The van der Waals surface area contributed by atoms with Crippen LogP contribution in [-0.4, -0.2) is 23.4 Å². The maximum atomic E-state index is 8.36. The highest BCUT2D eigenvalue weighted by molar-refractivity contribution is 5.47. The summed E-state index contributed by atoms with van der Waals surface area (Å²) in [6, 6.07) is 8.69. The second-order valence-electron chi connectivity index (χ2n) is 3.25. The van der Waals surface area contributed by atoms with Gasteiger partial charge in [-0.05, 0) is 32.9 Å². The summed E-state index contributed by atoms with van der Waals surface area (Å²) in [5, 5.41) is 13.6. The molecular formula is C11H18N2O3. The summed E-state index contributed by atoms with van der Waals surface area (Å²) >= 11 is 0. The van der Waals surface area contributed by atoms with Gasteiger partial charge in [-0.1, -0.05) is 17.7 Å². The van der Waals surface area contributed by atoms with Gasteiger partial charge in [-0.2, -0.15) is 0 Å². The Balaban J connectivity index is 0.000000487. The lowest BCUT2D eigenvalue weighted by molar-refractivity contribution is -0.742. The predicted octanol–water partition coefficient (Wildman–Crippen LogP) is 2.49. The standard InChI is InChI=1S/C11H17N.HNO3/c1-4-12(5-2)11-8-6-10(3)7-9-11;2-1(3)4/h6-9H,4-5H2,1-3H3;(H,2,3,4). The largest absolute Gasteiger partial charge is 0.372 e. The SMILES string of the molecule is CCN(CC)c1ccc(C)cc1.O=[N+]([O-])O. The Morgan fingerprint density at radius 1 is 1.25 bits per heavy atom. The van der Waals surface area contributed by atoms with Crippen LogP contribution in [0.2, 0.25) is 0 Å². The second-order valence-corrected chi connectivity index (χ2v) is 3.25. The molecule has 1 rings (SSSR count). The van der Waals surface area contributed by atoms with Gasteiger partial charge in [0.15, 0.2) is 0 Å². The fraction of sp³-hybridized carbons (Fsp3) is 0.455. The Labute approximate surface area is 95.4 Å². The third-order valence-electron chi connectivity index (χ3n) is 2.16. The van der Waals surface area contributed by atoms with E-state index in [-0.39, 0.29) is 0 Å². The maximum Gasteiger partial charge on any atom is 0.291 e. The molecule has 0 atom stereocenters. The van der Waals surface area contributed by atoms with Crippen molar-refractivity contribution in [3.8, 4) is 0 Å². The van der Waals surface area contributed by atoms with E-state index in [1.165, 1.54) is 11.3 Å². The maximum absolute atomic E-state index is 8.36.